The van der Waals surface area contributed by atoms with Crippen LogP contribution < -0.4 is 26.2 Å². The number of nitrogens with zero attached hydrogens (tertiary/aromatic N) is 3. The fourth-order valence-electron chi connectivity index (χ4n) is 13.2. The van der Waals surface area contributed by atoms with E-state index in [2.05, 4.69) is 318 Å². The third kappa shape index (κ3) is 8.89. The lowest BCUT2D eigenvalue weighted by Crippen LogP contribution is -2.61. The molecule has 406 valence electrons. The second kappa shape index (κ2) is 19.1. The van der Waals surface area contributed by atoms with Gasteiger partial charge in [-0.2, -0.15) is 0 Å². The Balaban J connectivity index is 1.23. The van der Waals surface area contributed by atoms with Crippen LogP contribution in [-0.4, -0.2) is 11.3 Å². The summed E-state index contributed by atoms with van der Waals surface area (Å²) in [5, 5.41) is 2.48. The van der Waals surface area contributed by atoms with Crippen molar-refractivity contribution in [1.29, 1.82) is 0 Å². The normalized spacial score (nSPS) is 13.4. The summed E-state index contributed by atoms with van der Waals surface area (Å²) >= 11 is 0. The van der Waals surface area contributed by atoms with Crippen molar-refractivity contribution in [2.24, 2.45) is 0 Å². The van der Waals surface area contributed by atoms with Gasteiger partial charge in [-0.05, 0) is 157 Å². The van der Waals surface area contributed by atoms with Gasteiger partial charge in [-0.3, -0.25) is 0 Å². The van der Waals surface area contributed by atoms with Crippen LogP contribution in [0.1, 0.15) is 116 Å². The van der Waals surface area contributed by atoms with Crippen molar-refractivity contribution in [3.63, 3.8) is 0 Å². The van der Waals surface area contributed by atoms with E-state index in [-0.39, 0.29) is 28.4 Å². The fourth-order valence-corrected chi connectivity index (χ4v) is 13.2. The maximum absolute atomic E-state index is 2.70. The van der Waals surface area contributed by atoms with Crippen molar-refractivity contribution in [2.45, 2.75) is 119 Å². The molecule has 0 N–H and O–H groups in total. The summed E-state index contributed by atoms with van der Waals surface area (Å²) in [7, 11) is 0. The first kappa shape index (κ1) is 53.0. The predicted octanol–water partition coefficient (Wildman–Crippen LogP) is 19.7. The molecule has 0 spiro atoms. The molecule has 82 heavy (non-hydrogen) atoms. The Morgan fingerprint density at radius 1 is 0.317 bits per heavy atom. The van der Waals surface area contributed by atoms with Crippen LogP contribution in [0.5, 0.6) is 0 Å². The summed E-state index contributed by atoms with van der Waals surface area (Å²) in [6.45, 7) is 32.4. The highest BCUT2D eigenvalue weighted by Gasteiger charge is 2.46. The van der Waals surface area contributed by atoms with E-state index in [0.29, 0.717) is 0 Å². The average molecular weight is 1070 g/mol. The number of benzene rings is 10. The molecule has 0 saturated heterocycles. The second-order valence-electron chi connectivity index (χ2n) is 27.7. The van der Waals surface area contributed by atoms with Crippen molar-refractivity contribution in [3.8, 4) is 39.1 Å². The first-order valence-corrected chi connectivity index (χ1v) is 29.6. The summed E-state index contributed by atoms with van der Waals surface area (Å²) in [4.78, 5) is 5.35. The van der Waals surface area contributed by atoms with Gasteiger partial charge in [0, 0.05) is 50.2 Å². The molecule has 0 atom stereocenters. The summed E-state index contributed by atoms with van der Waals surface area (Å²) in [5.41, 5.74) is 29.1. The largest absolute Gasteiger partial charge is 0.311 e. The zero-order valence-corrected chi connectivity index (χ0v) is 50.5. The van der Waals surface area contributed by atoms with E-state index < -0.39 is 0 Å². The van der Waals surface area contributed by atoms with Crippen molar-refractivity contribution in [1.82, 2.24) is 4.57 Å². The van der Waals surface area contributed by atoms with Crippen LogP contribution in [0.4, 0.5) is 34.1 Å². The first-order chi connectivity index (χ1) is 39.0. The van der Waals surface area contributed by atoms with E-state index in [4.69, 9.17) is 0 Å². The molecule has 1 aromatic heterocycles. The zero-order valence-electron chi connectivity index (χ0n) is 50.5. The minimum Gasteiger partial charge on any atom is -0.311 e. The van der Waals surface area contributed by atoms with Crippen LogP contribution >= 0.6 is 0 Å². The van der Waals surface area contributed by atoms with Gasteiger partial charge in [0.15, 0.2) is 0 Å². The number of aryl methyl sites for hydroxylation is 2. The predicted molar refractivity (Wildman–Crippen MR) is 355 cm³/mol. The highest BCUT2D eigenvalue weighted by Crippen LogP contribution is 2.53. The Hall–Kier alpha value is -8.34. The highest BCUT2D eigenvalue weighted by molar-refractivity contribution is 7.00. The lowest BCUT2D eigenvalue weighted by Gasteiger charge is -2.46. The molecular formula is C78H76BN3. The van der Waals surface area contributed by atoms with Crippen molar-refractivity contribution < 1.29 is 0 Å². The van der Waals surface area contributed by atoms with Crippen LogP contribution in [0, 0.1) is 13.8 Å². The Kier molecular flexibility index (Phi) is 12.4. The van der Waals surface area contributed by atoms with E-state index in [1.165, 1.54) is 133 Å². The van der Waals surface area contributed by atoms with Gasteiger partial charge >= 0.3 is 0 Å². The number of hydrogen-bond acceptors (Lipinski definition) is 2. The van der Waals surface area contributed by atoms with Crippen molar-refractivity contribution in [2.75, 3.05) is 9.80 Å². The monoisotopic (exact) mass is 1070 g/mol. The van der Waals surface area contributed by atoms with E-state index in [0.717, 1.165) is 11.4 Å². The molecule has 0 radical (unpaired) electrons. The van der Waals surface area contributed by atoms with Gasteiger partial charge in [-0.25, -0.2) is 0 Å². The Bertz CT molecular complexity index is 4270. The molecule has 0 saturated carbocycles. The van der Waals surface area contributed by atoms with Crippen molar-refractivity contribution in [3.05, 3.63) is 240 Å². The lowest BCUT2D eigenvalue weighted by molar-refractivity contribution is 0.590. The van der Waals surface area contributed by atoms with Crippen LogP contribution in [0.25, 0.3) is 60.9 Å². The molecule has 0 amide bonds. The number of rotatable bonds is 6. The van der Waals surface area contributed by atoms with E-state index >= 15 is 0 Å². The smallest absolute Gasteiger partial charge is 0.252 e. The summed E-state index contributed by atoms with van der Waals surface area (Å²) in [5.74, 6) is 0. The molecule has 0 aliphatic carbocycles. The Morgan fingerprint density at radius 3 is 1.22 bits per heavy atom. The molecule has 2 aliphatic rings. The standard InChI is InChI=1S/C78H76BN3/c1-49-28-39-68(61(42-49)52-29-33-54(34-30-52)75(3,4)5)81-69-40-37-56(77(9,10)11)45-64(69)79-65-46-57(78(12,13)14)38-41-70(65)82(72-48-58(47-71(81)73(72)79)80-66-26-20-18-24-59(66)60-25-19-21-27-67(60)80)74-62(51-22-16-15-17-23-51)43-50(2)44-63(74)53-31-35-55(36-32-53)76(6,7)8/h15-48H,1-14H3. The summed E-state index contributed by atoms with van der Waals surface area (Å²) in [6, 6.07) is 79.8. The van der Waals surface area contributed by atoms with Gasteiger partial charge in [-0.1, -0.05) is 234 Å². The summed E-state index contributed by atoms with van der Waals surface area (Å²) in [6.07, 6.45) is 0. The fraction of sp³-hybridized carbons (Fsp3) is 0.231. The molecule has 10 aromatic carbocycles. The van der Waals surface area contributed by atoms with Gasteiger partial charge in [0.25, 0.3) is 6.71 Å². The molecule has 3 heterocycles. The molecular weight excluding hydrogens is 990 g/mol. The highest BCUT2D eigenvalue weighted by atomic mass is 15.2. The molecule has 0 fully saturated rings. The van der Waals surface area contributed by atoms with Crippen LogP contribution in [0.15, 0.2) is 206 Å². The van der Waals surface area contributed by atoms with Gasteiger partial charge in [0.2, 0.25) is 0 Å². The number of hydrogen-bond donors (Lipinski definition) is 0. The summed E-state index contributed by atoms with van der Waals surface area (Å²) < 4.78 is 2.53. The number of fused-ring (bicyclic) bond motifs is 7. The SMILES string of the molecule is Cc1ccc(N2c3ccc(C(C)(C)C)cc3B3c4cc(C(C)(C)C)ccc4N(c4c(-c5ccccc5)cc(C)cc4-c4ccc(C(C)(C)C)cc4)c4cc(-n5c6ccccc6c6ccccc65)cc2c43)c(-c2ccc(C(C)(C)C)cc2)c1. The first-order valence-electron chi connectivity index (χ1n) is 29.6. The topological polar surface area (TPSA) is 11.4 Å². The quantitative estimate of drug-likeness (QED) is 0.154. The Morgan fingerprint density at radius 2 is 0.720 bits per heavy atom. The lowest BCUT2D eigenvalue weighted by atomic mass is 9.33. The number of aromatic nitrogens is 1. The minimum atomic E-state index is -0.113. The molecule has 0 bridgehead atoms. The third-order valence-corrected chi connectivity index (χ3v) is 17.7. The average Bonchev–Trinajstić information content (AvgIpc) is 2.35. The molecule has 2 aliphatic heterocycles. The maximum Gasteiger partial charge on any atom is 0.252 e. The molecule has 13 rings (SSSR count). The minimum absolute atomic E-state index is 0.00325. The maximum atomic E-state index is 2.70. The van der Waals surface area contributed by atoms with Gasteiger partial charge < -0.3 is 14.4 Å². The second-order valence-corrected chi connectivity index (χ2v) is 27.7. The van der Waals surface area contributed by atoms with Crippen molar-refractivity contribution >= 4 is 79.0 Å². The van der Waals surface area contributed by atoms with Gasteiger partial charge in [-0.15, -0.1) is 0 Å². The molecule has 0 unspecified atom stereocenters. The van der Waals surface area contributed by atoms with Gasteiger partial charge in [0.1, 0.15) is 0 Å². The number of para-hydroxylation sites is 2. The van der Waals surface area contributed by atoms with Crippen LogP contribution in [-0.2, 0) is 21.7 Å². The third-order valence-electron chi connectivity index (χ3n) is 17.7. The molecule has 11 aromatic rings. The van der Waals surface area contributed by atoms with E-state index in [1.54, 1.807) is 0 Å². The van der Waals surface area contributed by atoms with Gasteiger partial charge in [0.05, 0.1) is 28.1 Å². The van der Waals surface area contributed by atoms with E-state index in [1.807, 2.05) is 0 Å². The van der Waals surface area contributed by atoms with Crippen LogP contribution in [0.3, 0.4) is 0 Å². The molecule has 3 nitrogen and oxygen atoms in total. The zero-order chi connectivity index (χ0) is 57.4. The number of anilines is 6. The van der Waals surface area contributed by atoms with E-state index in [9.17, 15) is 0 Å². The van der Waals surface area contributed by atoms with Crippen LogP contribution in [0.2, 0.25) is 0 Å². The molecule has 4 heteroatoms. The Labute approximate surface area is 488 Å².